The second kappa shape index (κ2) is 7.73. The van der Waals surface area contributed by atoms with Crippen molar-refractivity contribution in [3.63, 3.8) is 0 Å². The fourth-order valence-corrected chi connectivity index (χ4v) is 3.37. The third-order valence-corrected chi connectivity index (χ3v) is 4.97. The molecule has 0 aliphatic carbocycles. The van der Waals surface area contributed by atoms with Gasteiger partial charge in [-0.15, -0.1) is 0 Å². The van der Waals surface area contributed by atoms with Gasteiger partial charge in [-0.2, -0.15) is 5.10 Å². The van der Waals surface area contributed by atoms with Gasteiger partial charge in [0.05, 0.1) is 17.9 Å². The number of aromatic nitrogens is 5. The van der Waals surface area contributed by atoms with E-state index in [9.17, 15) is 9.59 Å². The Morgan fingerprint density at radius 3 is 2.86 bits per heavy atom. The van der Waals surface area contributed by atoms with Gasteiger partial charge in [-0.3, -0.25) is 14.5 Å². The molecule has 1 aliphatic rings. The number of rotatable bonds is 5. The Balaban J connectivity index is 1.42. The summed E-state index contributed by atoms with van der Waals surface area (Å²) in [5, 5.41) is 4.88. The van der Waals surface area contributed by atoms with Gasteiger partial charge in [0.25, 0.3) is 5.56 Å². The SMILES string of the molecule is C=CC(=O)N1CCN(CCc2cnn(-c3nccc4c(=O)[nH]cnc34)c2)CC1. The van der Waals surface area contributed by atoms with E-state index in [1.54, 1.807) is 16.9 Å². The molecule has 28 heavy (non-hydrogen) atoms. The summed E-state index contributed by atoms with van der Waals surface area (Å²) in [7, 11) is 0. The van der Waals surface area contributed by atoms with Gasteiger partial charge in [-0.05, 0) is 24.1 Å². The second-order valence-electron chi connectivity index (χ2n) is 6.68. The van der Waals surface area contributed by atoms with Crippen molar-refractivity contribution in [1.29, 1.82) is 0 Å². The molecule has 0 unspecified atom stereocenters. The number of amides is 1. The molecule has 1 N–H and O–H groups in total. The van der Waals surface area contributed by atoms with Gasteiger partial charge in [0, 0.05) is 45.1 Å². The molecule has 3 aromatic heterocycles. The smallest absolute Gasteiger partial charge is 0.258 e. The van der Waals surface area contributed by atoms with E-state index in [2.05, 4.69) is 31.5 Å². The van der Waals surface area contributed by atoms with Crippen LogP contribution in [0.25, 0.3) is 16.7 Å². The highest BCUT2D eigenvalue weighted by atomic mass is 16.2. The summed E-state index contributed by atoms with van der Waals surface area (Å²) in [6.45, 7) is 7.59. The molecule has 9 nitrogen and oxygen atoms in total. The van der Waals surface area contributed by atoms with E-state index in [-0.39, 0.29) is 11.5 Å². The first-order valence-corrected chi connectivity index (χ1v) is 9.16. The number of hydrogen-bond donors (Lipinski definition) is 1. The highest BCUT2D eigenvalue weighted by molar-refractivity contribution is 5.87. The van der Waals surface area contributed by atoms with Crippen LogP contribution in [0.3, 0.4) is 0 Å². The molecule has 1 saturated heterocycles. The second-order valence-corrected chi connectivity index (χ2v) is 6.68. The van der Waals surface area contributed by atoms with Gasteiger partial charge in [0.1, 0.15) is 5.52 Å². The topological polar surface area (TPSA) is 100 Å². The molecule has 9 heteroatoms. The van der Waals surface area contributed by atoms with Crippen LogP contribution in [0.15, 0.2) is 48.4 Å². The quantitative estimate of drug-likeness (QED) is 0.643. The lowest BCUT2D eigenvalue weighted by molar-refractivity contribution is -0.127. The zero-order valence-corrected chi connectivity index (χ0v) is 15.4. The van der Waals surface area contributed by atoms with Crippen LogP contribution in [0, 0.1) is 0 Å². The Morgan fingerprint density at radius 1 is 1.25 bits per heavy atom. The number of carbonyl (C=O) groups excluding carboxylic acids is 1. The Bertz CT molecular complexity index is 1060. The Morgan fingerprint density at radius 2 is 2.07 bits per heavy atom. The van der Waals surface area contributed by atoms with Crippen LogP contribution < -0.4 is 5.56 Å². The lowest BCUT2D eigenvalue weighted by Gasteiger charge is -2.34. The number of nitrogens with one attached hydrogen (secondary N) is 1. The Kier molecular flexibility index (Phi) is 4.98. The van der Waals surface area contributed by atoms with Crippen molar-refractivity contribution < 1.29 is 4.79 Å². The number of pyridine rings is 1. The van der Waals surface area contributed by atoms with Crippen LogP contribution in [0.1, 0.15) is 5.56 Å². The molecule has 4 rings (SSSR count). The van der Waals surface area contributed by atoms with E-state index in [0.29, 0.717) is 16.7 Å². The molecule has 3 aromatic rings. The number of fused-ring (bicyclic) bond motifs is 1. The molecular weight excluding hydrogens is 358 g/mol. The first-order valence-electron chi connectivity index (χ1n) is 9.16. The van der Waals surface area contributed by atoms with Crippen molar-refractivity contribution in [2.24, 2.45) is 0 Å². The molecular formula is C19H21N7O2. The van der Waals surface area contributed by atoms with Gasteiger partial charge in [0.15, 0.2) is 5.82 Å². The van der Waals surface area contributed by atoms with Crippen LogP contribution in [0.4, 0.5) is 0 Å². The summed E-state index contributed by atoms with van der Waals surface area (Å²) in [4.78, 5) is 38.9. The van der Waals surface area contributed by atoms with Crippen LogP contribution in [-0.4, -0.2) is 73.2 Å². The first-order chi connectivity index (χ1) is 13.7. The first kappa shape index (κ1) is 18.1. The predicted octanol–water partition coefficient (Wildman–Crippen LogP) is 0.376. The number of piperazine rings is 1. The van der Waals surface area contributed by atoms with Crippen LogP contribution >= 0.6 is 0 Å². The Hall–Kier alpha value is -3.33. The van der Waals surface area contributed by atoms with E-state index in [4.69, 9.17) is 0 Å². The molecule has 1 amide bonds. The number of nitrogens with zero attached hydrogens (tertiary/aromatic N) is 6. The fraction of sp³-hybridized carbons (Fsp3) is 0.316. The summed E-state index contributed by atoms with van der Waals surface area (Å²) in [6, 6.07) is 1.64. The minimum absolute atomic E-state index is 0.00374. The van der Waals surface area contributed by atoms with Gasteiger partial charge in [-0.1, -0.05) is 6.58 Å². The van der Waals surface area contributed by atoms with Gasteiger partial charge >= 0.3 is 0 Å². The summed E-state index contributed by atoms with van der Waals surface area (Å²) < 4.78 is 1.66. The van der Waals surface area contributed by atoms with Crippen molar-refractivity contribution in [1.82, 2.24) is 34.5 Å². The molecule has 0 atom stereocenters. The predicted molar refractivity (Wildman–Crippen MR) is 104 cm³/mol. The molecule has 0 radical (unpaired) electrons. The van der Waals surface area contributed by atoms with Gasteiger partial charge in [0.2, 0.25) is 5.91 Å². The summed E-state index contributed by atoms with van der Waals surface area (Å²) in [5.41, 5.74) is 1.40. The zero-order chi connectivity index (χ0) is 19.5. The maximum Gasteiger partial charge on any atom is 0.258 e. The summed E-state index contributed by atoms with van der Waals surface area (Å²) >= 11 is 0. The highest BCUT2D eigenvalue weighted by Crippen LogP contribution is 2.15. The van der Waals surface area contributed by atoms with Gasteiger partial charge in [-0.25, -0.2) is 14.6 Å². The summed E-state index contributed by atoms with van der Waals surface area (Å²) in [6.07, 6.45) is 8.90. The summed E-state index contributed by atoms with van der Waals surface area (Å²) in [5.74, 6) is 0.530. The van der Waals surface area contributed by atoms with Crippen LogP contribution in [-0.2, 0) is 11.2 Å². The Labute approximate surface area is 161 Å². The lowest BCUT2D eigenvalue weighted by Crippen LogP contribution is -2.48. The van der Waals surface area contributed by atoms with Crippen molar-refractivity contribution in [2.45, 2.75) is 6.42 Å². The maximum atomic E-state index is 11.9. The van der Waals surface area contributed by atoms with Crippen molar-refractivity contribution in [3.8, 4) is 5.82 Å². The molecule has 4 heterocycles. The molecule has 0 bridgehead atoms. The maximum absolute atomic E-state index is 11.9. The van der Waals surface area contributed by atoms with Crippen LogP contribution in [0.2, 0.25) is 0 Å². The van der Waals surface area contributed by atoms with E-state index in [0.717, 1.165) is 44.7 Å². The van der Waals surface area contributed by atoms with E-state index < -0.39 is 0 Å². The monoisotopic (exact) mass is 379 g/mol. The molecule has 0 aromatic carbocycles. The third kappa shape index (κ3) is 3.56. The molecule has 144 valence electrons. The van der Waals surface area contributed by atoms with E-state index in [1.807, 2.05) is 17.3 Å². The normalized spacial score (nSPS) is 15.1. The largest absolute Gasteiger partial charge is 0.337 e. The van der Waals surface area contributed by atoms with E-state index >= 15 is 0 Å². The molecule has 1 aliphatic heterocycles. The minimum Gasteiger partial charge on any atom is -0.337 e. The van der Waals surface area contributed by atoms with Crippen molar-refractivity contribution >= 4 is 16.8 Å². The van der Waals surface area contributed by atoms with Crippen molar-refractivity contribution in [3.05, 3.63) is 59.6 Å². The number of H-pyrrole nitrogens is 1. The minimum atomic E-state index is -0.199. The average molecular weight is 379 g/mol. The van der Waals surface area contributed by atoms with E-state index in [1.165, 1.54) is 12.4 Å². The highest BCUT2D eigenvalue weighted by Gasteiger charge is 2.19. The molecule has 1 fully saturated rings. The fourth-order valence-electron chi connectivity index (χ4n) is 3.37. The molecule has 0 spiro atoms. The van der Waals surface area contributed by atoms with Gasteiger partial charge < -0.3 is 9.88 Å². The zero-order valence-electron chi connectivity index (χ0n) is 15.4. The lowest BCUT2D eigenvalue weighted by atomic mass is 10.2. The van der Waals surface area contributed by atoms with Crippen LogP contribution in [0.5, 0.6) is 0 Å². The number of aromatic amines is 1. The number of hydrogen-bond acceptors (Lipinski definition) is 6. The standard InChI is InChI=1S/C19H21N7O2/c1-2-16(27)25-9-7-24(8-10-25)6-4-14-11-23-26(12-14)18-17-15(3-5-20-18)19(28)22-13-21-17/h2-3,5,11-13H,1,4,6-10H2,(H,21,22,28). The third-order valence-electron chi connectivity index (χ3n) is 4.97. The molecule has 0 saturated carbocycles. The van der Waals surface area contributed by atoms with Crippen molar-refractivity contribution in [2.75, 3.05) is 32.7 Å². The average Bonchev–Trinajstić information content (AvgIpc) is 3.21. The number of carbonyl (C=O) groups is 1.